The van der Waals surface area contributed by atoms with Crippen molar-refractivity contribution in [2.75, 3.05) is 40.3 Å². The monoisotopic (exact) mass is 304 g/mol. The van der Waals surface area contributed by atoms with E-state index in [0.29, 0.717) is 31.9 Å². The number of hydrogen-bond donors (Lipinski definition) is 0. The van der Waals surface area contributed by atoms with Crippen molar-refractivity contribution in [1.29, 1.82) is 0 Å². The Labute approximate surface area is 116 Å². The van der Waals surface area contributed by atoms with Gasteiger partial charge in [-0.2, -0.15) is 17.0 Å². The smallest absolute Gasteiger partial charge is 0.281 e. The van der Waals surface area contributed by atoms with Crippen molar-refractivity contribution < 1.29 is 13.2 Å². The number of aromatic nitrogens is 1. The first-order valence-electron chi connectivity index (χ1n) is 5.78. The lowest BCUT2D eigenvalue weighted by Gasteiger charge is -2.34. The molecule has 0 radical (unpaired) electrons. The normalized spacial score (nSPS) is 17.9. The quantitative estimate of drug-likeness (QED) is 0.769. The number of carbonyl (C=O) groups excluding carboxylic acids is 1. The van der Waals surface area contributed by atoms with E-state index in [4.69, 9.17) is 0 Å². The van der Waals surface area contributed by atoms with Gasteiger partial charge in [0.2, 0.25) is 0 Å². The molecule has 0 aliphatic carbocycles. The van der Waals surface area contributed by atoms with Gasteiger partial charge in [0.15, 0.2) is 0 Å². The predicted octanol–water partition coefficient (Wildman–Crippen LogP) is -0.293. The van der Waals surface area contributed by atoms with Gasteiger partial charge in [0.25, 0.3) is 16.1 Å². The molecule has 1 amide bonds. The summed E-state index contributed by atoms with van der Waals surface area (Å²) in [5.74, 6) is -0.136. The SMILES string of the molecule is CN(C)S(=O)(=O)N1CCN(C(=O)c2cscn2)CC1. The van der Waals surface area contributed by atoms with E-state index in [-0.39, 0.29) is 5.91 Å². The van der Waals surface area contributed by atoms with Gasteiger partial charge < -0.3 is 4.90 Å². The van der Waals surface area contributed by atoms with E-state index in [1.807, 2.05) is 0 Å². The van der Waals surface area contributed by atoms with Gasteiger partial charge in [-0.05, 0) is 0 Å². The molecule has 1 aromatic heterocycles. The predicted molar refractivity (Wildman–Crippen MR) is 72.2 cm³/mol. The Bertz CT molecular complexity index is 533. The van der Waals surface area contributed by atoms with Crippen LogP contribution in [-0.4, -0.2) is 73.1 Å². The Morgan fingerprint density at radius 2 is 1.95 bits per heavy atom. The minimum absolute atomic E-state index is 0.136. The van der Waals surface area contributed by atoms with E-state index in [1.54, 1.807) is 15.8 Å². The maximum Gasteiger partial charge on any atom is 0.281 e. The molecule has 7 nitrogen and oxygen atoms in total. The largest absolute Gasteiger partial charge is 0.335 e. The van der Waals surface area contributed by atoms with E-state index in [9.17, 15) is 13.2 Å². The standard InChI is InChI=1S/C10H16N4O3S2/c1-12(2)19(16,17)14-5-3-13(4-6-14)10(15)9-7-18-8-11-9/h7-8H,3-6H2,1-2H3. The summed E-state index contributed by atoms with van der Waals surface area (Å²) in [5.41, 5.74) is 2.04. The molecule has 0 saturated carbocycles. The highest BCUT2D eigenvalue weighted by molar-refractivity contribution is 7.86. The molecule has 0 unspecified atom stereocenters. The maximum atomic E-state index is 12.0. The van der Waals surface area contributed by atoms with Crippen LogP contribution in [-0.2, 0) is 10.2 Å². The van der Waals surface area contributed by atoms with Gasteiger partial charge in [0, 0.05) is 45.7 Å². The van der Waals surface area contributed by atoms with Crippen LogP contribution in [0.3, 0.4) is 0 Å². The molecule has 0 aromatic carbocycles. The molecule has 2 heterocycles. The Morgan fingerprint density at radius 1 is 1.32 bits per heavy atom. The first kappa shape index (κ1) is 14.4. The third-order valence-corrected chi connectivity index (χ3v) is 5.49. The first-order valence-corrected chi connectivity index (χ1v) is 8.12. The molecule has 0 atom stereocenters. The molecule has 0 N–H and O–H groups in total. The summed E-state index contributed by atoms with van der Waals surface area (Å²) in [6.45, 7) is 1.42. The Morgan fingerprint density at radius 3 is 2.42 bits per heavy atom. The minimum atomic E-state index is -3.39. The number of amides is 1. The van der Waals surface area contributed by atoms with E-state index >= 15 is 0 Å². The maximum absolute atomic E-state index is 12.0. The fourth-order valence-corrected chi connectivity index (χ4v) is 3.45. The van der Waals surface area contributed by atoms with Crippen molar-refractivity contribution in [3.8, 4) is 0 Å². The van der Waals surface area contributed by atoms with E-state index < -0.39 is 10.2 Å². The Balaban J connectivity index is 1.98. The molecule has 1 saturated heterocycles. The third kappa shape index (κ3) is 2.94. The summed E-state index contributed by atoms with van der Waals surface area (Å²) in [7, 11) is -0.384. The highest BCUT2D eigenvalue weighted by Crippen LogP contribution is 2.12. The van der Waals surface area contributed by atoms with Crippen molar-refractivity contribution in [1.82, 2.24) is 18.5 Å². The highest BCUT2D eigenvalue weighted by atomic mass is 32.2. The van der Waals surface area contributed by atoms with Crippen LogP contribution in [0.25, 0.3) is 0 Å². The lowest BCUT2D eigenvalue weighted by Crippen LogP contribution is -2.53. The van der Waals surface area contributed by atoms with Gasteiger partial charge in [-0.25, -0.2) is 4.98 Å². The van der Waals surface area contributed by atoms with Crippen molar-refractivity contribution in [2.45, 2.75) is 0 Å². The molecule has 19 heavy (non-hydrogen) atoms. The average molecular weight is 304 g/mol. The highest BCUT2D eigenvalue weighted by Gasteiger charge is 2.30. The van der Waals surface area contributed by atoms with Crippen molar-refractivity contribution in [3.05, 3.63) is 16.6 Å². The number of rotatable bonds is 3. The number of carbonyl (C=O) groups is 1. The number of thiazole rings is 1. The van der Waals surface area contributed by atoms with Crippen LogP contribution in [0.15, 0.2) is 10.9 Å². The molecule has 0 bridgehead atoms. The molecule has 0 spiro atoms. The van der Waals surface area contributed by atoms with Gasteiger partial charge in [0.1, 0.15) is 5.69 Å². The van der Waals surface area contributed by atoms with Crippen LogP contribution >= 0.6 is 11.3 Å². The zero-order valence-electron chi connectivity index (χ0n) is 10.8. The lowest BCUT2D eigenvalue weighted by atomic mass is 10.3. The van der Waals surface area contributed by atoms with Gasteiger partial charge in [-0.1, -0.05) is 0 Å². The molecule has 106 valence electrons. The first-order chi connectivity index (χ1) is 8.93. The van der Waals surface area contributed by atoms with E-state index in [1.165, 1.54) is 34.0 Å². The average Bonchev–Trinajstić information content (AvgIpc) is 2.91. The molecular formula is C10H16N4O3S2. The van der Waals surface area contributed by atoms with Crippen LogP contribution < -0.4 is 0 Å². The molecule has 1 fully saturated rings. The summed E-state index contributed by atoms with van der Waals surface area (Å²) in [4.78, 5) is 17.7. The van der Waals surface area contributed by atoms with E-state index in [0.717, 1.165) is 0 Å². The van der Waals surface area contributed by atoms with Gasteiger partial charge in [0.05, 0.1) is 5.51 Å². The Kier molecular flexibility index (Phi) is 4.19. The second kappa shape index (κ2) is 5.53. The van der Waals surface area contributed by atoms with E-state index in [2.05, 4.69) is 4.98 Å². The van der Waals surface area contributed by atoms with Crippen LogP contribution in [0, 0.1) is 0 Å². The Hall–Kier alpha value is -1.03. The molecule has 1 aliphatic heterocycles. The van der Waals surface area contributed by atoms with Crippen LogP contribution in [0.4, 0.5) is 0 Å². The molecule has 2 rings (SSSR count). The number of nitrogens with zero attached hydrogens (tertiary/aromatic N) is 4. The van der Waals surface area contributed by atoms with Crippen molar-refractivity contribution in [2.24, 2.45) is 0 Å². The summed E-state index contributed by atoms with van der Waals surface area (Å²) in [6, 6.07) is 0. The zero-order chi connectivity index (χ0) is 14.0. The summed E-state index contributed by atoms with van der Waals surface area (Å²) >= 11 is 1.37. The van der Waals surface area contributed by atoms with Crippen LogP contribution in [0.1, 0.15) is 10.5 Å². The second-order valence-corrected chi connectivity index (χ2v) is 7.22. The molecule has 1 aliphatic rings. The van der Waals surface area contributed by atoms with Crippen molar-refractivity contribution >= 4 is 27.5 Å². The fraction of sp³-hybridized carbons (Fsp3) is 0.600. The number of piperazine rings is 1. The van der Waals surface area contributed by atoms with Crippen LogP contribution in [0.5, 0.6) is 0 Å². The van der Waals surface area contributed by atoms with Crippen molar-refractivity contribution in [3.63, 3.8) is 0 Å². The molecule has 9 heteroatoms. The van der Waals surface area contributed by atoms with Gasteiger partial charge in [-0.15, -0.1) is 11.3 Å². The zero-order valence-corrected chi connectivity index (χ0v) is 12.4. The van der Waals surface area contributed by atoms with Crippen LogP contribution in [0.2, 0.25) is 0 Å². The summed E-state index contributed by atoms with van der Waals surface area (Å²) in [6.07, 6.45) is 0. The molecule has 1 aromatic rings. The van der Waals surface area contributed by atoms with Gasteiger partial charge in [-0.3, -0.25) is 4.79 Å². The third-order valence-electron chi connectivity index (χ3n) is 2.97. The van der Waals surface area contributed by atoms with Gasteiger partial charge >= 0.3 is 0 Å². The summed E-state index contributed by atoms with van der Waals surface area (Å²) < 4.78 is 26.4. The topological polar surface area (TPSA) is 73.8 Å². The second-order valence-electron chi connectivity index (χ2n) is 4.36. The minimum Gasteiger partial charge on any atom is -0.335 e. The lowest BCUT2D eigenvalue weighted by molar-refractivity contribution is 0.0690. The fourth-order valence-electron chi connectivity index (χ4n) is 1.83. The summed E-state index contributed by atoms with van der Waals surface area (Å²) in [5, 5.41) is 1.70. The number of hydrogen-bond acceptors (Lipinski definition) is 5. The molecular weight excluding hydrogens is 288 g/mol.